The van der Waals surface area contributed by atoms with Crippen LogP contribution in [-0.4, -0.2) is 31.1 Å². The lowest BCUT2D eigenvalue weighted by Gasteiger charge is -2.22. The van der Waals surface area contributed by atoms with Crippen LogP contribution in [0, 0.1) is 0 Å². The largest absolute Gasteiger partial charge is 0.493 e. The molecule has 0 aliphatic rings. The molecule has 0 heterocycles. The van der Waals surface area contributed by atoms with E-state index in [2.05, 4.69) is 31.9 Å². The van der Waals surface area contributed by atoms with Crippen LogP contribution in [0.2, 0.25) is 0 Å². The molecule has 0 aliphatic heterocycles. The van der Waals surface area contributed by atoms with Crippen LogP contribution in [0.25, 0.3) is 0 Å². The summed E-state index contributed by atoms with van der Waals surface area (Å²) in [7, 11) is 0. The van der Waals surface area contributed by atoms with Gasteiger partial charge in [0.05, 0.1) is 0 Å². The van der Waals surface area contributed by atoms with Crippen molar-refractivity contribution in [1.29, 1.82) is 0 Å². The number of ether oxygens (including phenoxy) is 1. The molecular weight excluding hydrogens is 234 g/mol. The fourth-order valence-electron chi connectivity index (χ4n) is 1.90. The molecule has 0 unspecified atom stereocenters. The molecule has 0 aromatic carbocycles. The van der Waals surface area contributed by atoms with E-state index in [9.17, 15) is 0 Å². The topological polar surface area (TPSA) is 12.5 Å². The first-order valence-electron chi connectivity index (χ1n) is 7.81. The van der Waals surface area contributed by atoms with Crippen molar-refractivity contribution in [3.05, 3.63) is 24.5 Å². The SMILES string of the molecule is C=C(C)C(=C)OCCN(CCCC)CCCCCC. The number of hydrogen-bond acceptors (Lipinski definition) is 2. The number of rotatable bonds is 13. The first-order chi connectivity index (χ1) is 9.11. The van der Waals surface area contributed by atoms with E-state index in [1.54, 1.807) is 0 Å². The van der Waals surface area contributed by atoms with Gasteiger partial charge in [0.2, 0.25) is 0 Å². The van der Waals surface area contributed by atoms with Gasteiger partial charge in [0, 0.05) is 6.54 Å². The highest BCUT2D eigenvalue weighted by Gasteiger charge is 2.05. The Hall–Kier alpha value is -0.760. The van der Waals surface area contributed by atoms with Gasteiger partial charge in [-0.15, -0.1) is 0 Å². The summed E-state index contributed by atoms with van der Waals surface area (Å²) in [6, 6.07) is 0. The Bertz CT molecular complexity index is 248. The van der Waals surface area contributed by atoms with Gasteiger partial charge >= 0.3 is 0 Å². The van der Waals surface area contributed by atoms with Crippen LogP contribution < -0.4 is 0 Å². The third kappa shape index (κ3) is 10.8. The zero-order valence-electron chi connectivity index (χ0n) is 13.3. The van der Waals surface area contributed by atoms with Crippen molar-refractivity contribution < 1.29 is 4.74 Å². The molecule has 0 N–H and O–H groups in total. The van der Waals surface area contributed by atoms with E-state index in [4.69, 9.17) is 4.74 Å². The molecule has 0 rings (SSSR count). The molecule has 2 nitrogen and oxygen atoms in total. The summed E-state index contributed by atoms with van der Waals surface area (Å²) in [4.78, 5) is 2.52. The summed E-state index contributed by atoms with van der Waals surface area (Å²) in [6.45, 7) is 18.2. The van der Waals surface area contributed by atoms with Crippen molar-refractivity contribution in [2.45, 2.75) is 59.3 Å². The highest BCUT2D eigenvalue weighted by molar-refractivity contribution is 5.15. The Morgan fingerprint density at radius 3 is 2.11 bits per heavy atom. The molecule has 0 aromatic rings. The minimum Gasteiger partial charge on any atom is -0.493 e. The molecule has 19 heavy (non-hydrogen) atoms. The van der Waals surface area contributed by atoms with Gasteiger partial charge in [-0.1, -0.05) is 52.7 Å². The Labute approximate surface area is 120 Å². The van der Waals surface area contributed by atoms with Crippen molar-refractivity contribution in [3.8, 4) is 0 Å². The summed E-state index contributed by atoms with van der Waals surface area (Å²) in [5, 5.41) is 0. The van der Waals surface area contributed by atoms with E-state index in [1.165, 1.54) is 51.6 Å². The Balaban J connectivity index is 3.84. The minimum atomic E-state index is 0.724. The van der Waals surface area contributed by atoms with Gasteiger partial charge in [-0.05, 0) is 38.4 Å². The summed E-state index contributed by atoms with van der Waals surface area (Å²) in [5.74, 6) is 0.724. The van der Waals surface area contributed by atoms with E-state index >= 15 is 0 Å². The summed E-state index contributed by atoms with van der Waals surface area (Å²) in [5.41, 5.74) is 0.919. The van der Waals surface area contributed by atoms with Crippen LogP contribution >= 0.6 is 0 Å². The number of nitrogens with zero attached hydrogens (tertiary/aromatic N) is 1. The molecule has 0 bridgehead atoms. The summed E-state index contributed by atoms with van der Waals surface area (Å²) in [6.07, 6.45) is 7.83. The quantitative estimate of drug-likeness (QED) is 0.271. The van der Waals surface area contributed by atoms with Crippen molar-refractivity contribution in [2.75, 3.05) is 26.2 Å². The number of allylic oxidation sites excluding steroid dienone is 1. The van der Waals surface area contributed by atoms with E-state index in [-0.39, 0.29) is 0 Å². The van der Waals surface area contributed by atoms with Gasteiger partial charge in [-0.25, -0.2) is 0 Å². The van der Waals surface area contributed by atoms with Gasteiger partial charge < -0.3 is 4.74 Å². The average molecular weight is 267 g/mol. The molecule has 0 fully saturated rings. The third-order valence-corrected chi connectivity index (χ3v) is 3.32. The van der Waals surface area contributed by atoms with E-state index in [0.29, 0.717) is 0 Å². The molecule has 0 atom stereocenters. The summed E-state index contributed by atoms with van der Waals surface area (Å²) >= 11 is 0. The Kier molecular flexibility index (Phi) is 11.8. The normalized spacial score (nSPS) is 10.7. The van der Waals surface area contributed by atoms with Gasteiger partial charge in [-0.3, -0.25) is 4.90 Å². The minimum absolute atomic E-state index is 0.724. The van der Waals surface area contributed by atoms with Crippen LogP contribution in [-0.2, 0) is 4.74 Å². The maximum Gasteiger partial charge on any atom is 0.114 e. The number of unbranched alkanes of at least 4 members (excludes halogenated alkanes) is 4. The lowest BCUT2D eigenvalue weighted by molar-refractivity contribution is 0.159. The molecule has 0 saturated heterocycles. The predicted molar refractivity (Wildman–Crippen MR) is 85.4 cm³/mol. The second-order valence-electron chi connectivity index (χ2n) is 5.31. The molecular formula is C17H33NO. The smallest absolute Gasteiger partial charge is 0.114 e. The van der Waals surface area contributed by atoms with Crippen molar-refractivity contribution >= 4 is 0 Å². The highest BCUT2D eigenvalue weighted by atomic mass is 16.5. The van der Waals surface area contributed by atoms with Crippen LogP contribution in [0.15, 0.2) is 24.5 Å². The van der Waals surface area contributed by atoms with Crippen LogP contribution in [0.5, 0.6) is 0 Å². The third-order valence-electron chi connectivity index (χ3n) is 3.32. The molecule has 0 aliphatic carbocycles. The molecule has 2 heteroatoms. The average Bonchev–Trinajstić information content (AvgIpc) is 2.39. The van der Waals surface area contributed by atoms with E-state index in [1.807, 2.05) is 6.92 Å². The molecule has 0 radical (unpaired) electrons. The fourth-order valence-corrected chi connectivity index (χ4v) is 1.90. The van der Waals surface area contributed by atoms with Crippen molar-refractivity contribution in [3.63, 3.8) is 0 Å². The summed E-state index contributed by atoms with van der Waals surface area (Å²) < 4.78 is 5.61. The molecule has 0 aromatic heterocycles. The van der Waals surface area contributed by atoms with E-state index < -0.39 is 0 Å². The lowest BCUT2D eigenvalue weighted by atomic mass is 10.2. The fraction of sp³-hybridized carbons (Fsp3) is 0.765. The molecule has 0 saturated carbocycles. The van der Waals surface area contributed by atoms with Gasteiger partial charge in [0.1, 0.15) is 12.4 Å². The molecule has 0 spiro atoms. The maximum atomic E-state index is 5.61. The first-order valence-corrected chi connectivity index (χ1v) is 7.81. The molecule has 112 valence electrons. The van der Waals surface area contributed by atoms with Crippen LogP contribution in [0.4, 0.5) is 0 Å². The zero-order chi connectivity index (χ0) is 14.5. The van der Waals surface area contributed by atoms with Gasteiger partial charge in [-0.2, -0.15) is 0 Å². The van der Waals surface area contributed by atoms with Crippen LogP contribution in [0.3, 0.4) is 0 Å². The molecule has 0 amide bonds. The van der Waals surface area contributed by atoms with Crippen LogP contribution in [0.1, 0.15) is 59.3 Å². The van der Waals surface area contributed by atoms with Crippen molar-refractivity contribution in [1.82, 2.24) is 4.90 Å². The standard InChI is InChI=1S/C17H33NO/c1-6-8-10-11-13-18(12-9-7-2)14-15-19-17(5)16(3)4/h3,5-15H2,1-2,4H3. The lowest BCUT2D eigenvalue weighted by Crippen LogP contribution is -2.29. The van der Waals surface area contributed by atoms with Crippen molar-refractivity contribution in [2.24, 2.45) is 0 Å². The van der Waals surface area contributed by atoms with Gasteiger partial charge in [0.15, 0.2) is 0 Å². The van der Waals surface area contributed by atoms with E-state index in [0.717, 1.165) is 24.5 Å². The zero-order valence-corrected chi connectivity index (χ0v) is 13.3. The Morgan fingerprint density at radius 1 is 0.895 bits per heavy atom. The highest BCUT2D eigenvalue weighted by Crippen LogP contribution is 2.07. The second-order valence-corrected chi connectivity index (χ2v) is 5.31. The monoisotopic (exact) mass is 267 g/mol. The predicted octanol–water partition coefficient (Wildman–Crippen LogP) is 4.78. The second kappa shape index (κ2) is 12.3. The Morgan fingerprint density at radius 2 is 1.53 bits per heavy atom. The maximum absolute atomic E-state index is 5.61. The first kappa shape index (κ1) is 18.2. The number of hydrogen-bond donors (Lipinski definition) is 0. The van der Waals surface area contributed by atoms with Gasteiger partial charge in [0.25, 0.3) is 0 Å².